The van der Waals surface area contributed by atoms with E-state index in [1.807, 2.05) is 13.8 Å². The van der Waals surface area contributed by atoms with Crippen molar-refractivity contribution in [3.63, 3.8) is 0 Å². The highest BCUT2D eigenvalue weighted by Gasteiger charge is 2.32. The number of nitrogens with zero attached hydrogens (tertiary/aromatic N) is 2. The molecule has 2 N–H and O–H groups in total. The van der Waals surface area contributed by atoms with Crippen molar-refractivity contribution in [2.24, 2.45) is 0 Å². The van der Waals surface area contributed by atoms with Crippen molar-refractivity contribution in [3.8, 4) is 0 Å². The van der Waals surface area contributed by atoms with Gasteiger partial charge in [0, 0.05) is 31.7 Å². The molecule has 0 bridgehead atoms. The molecule has 2 heterocycles. The number of hydrogen-bond donors (Lipinski definition) is 2. The Morgan fingerprint density at radius 3 is 2.53 bits per heavy atom. The molecule has 0 atom stereocenters. The number of rotatable bonds is 3. The van der Waals surface area contributed by atoms with Crippen LogP contribution >= 0.6 is 0 Å². The fourth-order valence-electron chi connectivity index (χ4n) is 2.59. The zero-order chi connectivity index (χ0) is 14.0. The van der Waals surface area contributed by atoms with Crippen LogP contribution in [-0.2, 0) is 12.0 Å². The van der Waals surface area contributed by atoms with Crippen LogP contribution in [0.3, 0.4) is 0 Å². The Morgan fingerprint density at radius 2 is 1.95 bits per heavy atom. The molecule has 0 amide bonds. The second-order valence-corrected chi connectivity index (χ2v) is 5.64. The number of aryl methyl sites for hydroxylation is 1. The molecule has 0 aliphatic carbocycles. The molecule has 106 valence electrons. The first kappa shape index (κ1) is 14.2. The van der Waals surface area contributed by atoms with Crippen LogP contribution in [0.1, 0.15) is 37.9 Å². The number of aromatic nitrogens is 2. The molecule has 19 heavy (non-hydrogen) atoms. The molecule has 0 spiro atoms. The zero-order valence-electron chi connectivity index (χ0n) is 12.3. The summed E-state index contributed by atoms with van der Waals surface area (Å²) in [6.45, 7) is 12.1. The summed E-state index contributed by atoms with van der Waals surface area (Å²) in [7, 11) is 0. The van der Waals surface area contributed by atoms with Crippen LogP contribution in [0.2, 0.25) is 0 Å². The molecule has 0 aromatic carbocycles. The Morgan fingerprint density at radius 1 is 1.32 bits per heavy atom. The Hall–Kier alpha value is -1.20. The largest absolute Gasteiger partial charge is 0.314 e. The highest BCUT2D eigenvalue weighted by atomic mass is 16.1. The van der Waals surface area contributed by atoms with Gasteiger partial charge in [-0.15, -0.1) is 0 Å². The molecule has 1 saturated heterocycles. The van der Waals surface area contributed by atoms with Gasteiger partial charge < -0.3 is 10.3 Å². The molecule has 0 unspecified atom stereocenters. The molecule has 5 nitrogen and oxygen atoms in total. The smallest absolute Gasteiger partial charge is 0.254 e. The van der Waals surface area contributed by atoms with Gasteiger partial charge in [0.2, 0.25) is 0 Å². The second-order valence-electron chi connectivity index (χ2n) is 5.64. The molecule has 1 aliphatic heterocycles. The van der Waals surface area contributed by atoms with Gasteiger partial charge in [0.25, 0.3) is 5.56 Å². The van der Waals surface area contributed by atoms with E-state index in [0.29, 0.717) is 0 Å². The lowest BCUT2D eigenvalue weighted by Gasteiger charge is -2.40. The van der Waals surface area contributed by atoms with Crippen molar-refractivity contribution in [1.82, 2.24) is 20.2 Å². The average molecular weight is 264 g/mol. The van der Waals surface area contributed by atoms with Gasteiger partial charge in [0.05, 0.1) is 11.2 Å². The summed E-state index contributed by atoms with van der Waals surface area (Å²) in [6, 6.07) is 0. The van der Waals surface area contributed by atoms with Gasteiger partial charge in [0.1, 0.15) is 5.82 Å². The van der Waals surface area contributed by atoms with Gasteiger partial charge in [-0.2, -0.15) is 0 Å². The summed E-state index contributed by atoms with van der Waals surface area (Å²) in [5.41, 5.74) is 1.40. The molecule has 1 aliphatic rings. The number of piperazine rings is 1. The predicted octanol–water partition coefficient (Wildman–Crippen LogP) is 0.781. The normalized spacial score (nSPS) is 17.7. The van der Waals surface area contributed by atoms with Crippen molar-refractivity contribution in [1.29, 1.82) is 0 Å². The third-order valence-corrected chi connectivity index (χ3v) is 4.07. The van der Waals surface area contributed by atoms with Crippen LogP contribution in [0.4, 0.5) is 0 Å². The number of aromatic amines is 1. The molecule has 1 aromatic rings. The summed E-state index contributed by atoms with van der Waals surface area (Å²) < 4.78 is 0. The topological polar surface area (TPSA) is 61.0 Å². The summed E-state index contributed by atoms with van der Waals surface area (Å²) in [4.78, 5) is 22.0. The van der Waals surface area contributed by atoms with Gasteiger partial charge in [-0.25, -0.2) is 4.98 Å². The van der Waals surface area contributed by atoms with E-state index >= 15 is 0 Å². The SMILES string of the molecule is CCc1nc(C(C)(C)N2CCNCC2)[nH]c(=O)c1C. The molecule has 2 rings (SSSR count). The fourth-order valence-corrected chi connectivity index (χ4v) is 2.59. The van der Waals surface area contributed by atoms with E-state index in [-0.39, 0.29) is 11.1 Å². The van der Waals surface area contributed by atoms with Crippen molar-refractivity contribution in [3.05, 3.63) is 27.4 Å². The highest BCUT2D eigenvalue weighted by molar-refractivity contribution is 5.18. The third-order valence-electron chi connectivity index (χ3n) is 4.07. The zero-order valence-corrected chi connectivity index (χ0v) is 12.3. The van der Waals surface area contributed by atoms with Crippen LogP contribution in [0, 0.1) is 6.92 Å². The van der Waals surface area contributed by atoms with Crippen LogP contribution in [0.15, 0.2) is 4.79 Å². The van der Waals surface area contributed by atoms with Gasteiger partial charge >= 0.3 is 0 Å². The molecule has 5 heteroatoms. The summed E-state index contributed by atoms with van der Waals surface area (Å²) >= 11 is 0. The Labute approximate surface area is 114 Å². The maximum Gasteiger partial charge on any atom is 0.254 e. The minimum absolute atomic E-state index is 0.00920. The van der Waals surface area contributed by atoms with Crippen LogP contribution in [0.25, 0.3) is 0 Å². The predicted molar refractivity (Wildman–Crippen MR) is 76.4 cm³/mol. The first-order valence-corrected chi connectivity index (χ1v) is 7.03. The molecule has 1 aromatic heterocycles. The minimum Gasteiger partial charge on any atom is -0.314 e. The number of H-pyrrole nitrogens is 1. The first-order chi connectivity index (χ1) is 8.96. The number of hydrogen-bond acceptors (Lipinski definition) is 4. The Bertz CT molecular complexity index is 501. The van der Waals surface area contributed by atoms with E-state index in [1.165, 1.54) is 0 Å². The summed E-state index contributed by atoms with van der Waals surface area (Å²) in [5, 5.41) is 3.35. The molecule has 0 radical (unpaired) electrons. The van der Waals surface area contributed by atoms with Crippen LogP contribution in [0.5, 0.6) is 0 Å². The van der Waals surface area contributed by atoms with Crippen molar-refractivity contribution in [2.45, 2.75) is 39.7 Å². The van der Waals surface area contributed by atoms with E-state index in [4.69, 9.17) is 0 Å². The highest BCUT2D eigenvalue weighted by Crippen LogP contribution is 2.24. The van der Waals surface area contributed by atoms with Crippen molar-refractivity contribution < 1.29 is 0 Å². The van der Waals surface area contributed by atoms with Gasteiger partial charge in [0.15, 0.2) is 0 Å². The monoisotopic (exact) mass is 264 g/mol. The maximum atomic E-state index is 12.0. The fraction of sp³-hybridized carbons (Fsp3) is 0.714. The van der Waals surface area contributed by atoms with Crippen LogP contribution in [-0.4, -0.2) is 41.0 Å². The van der Waals surface area contributed by atoms with Crippen LogP contribution < -0.4 is 10.9 Å². The van der Waals surface area contributed by atoms with Gasteiger partial charge in [-0.05, 0) is 27.2 Å². The average Bonchev–Trinajstić information content (AvgIpc) is 2.42. The lowest BCUT2D eigenvalue weighted by Crippen LogP contribution is -2.52. The third kappa shape index (κ3) is 2.72. The van der Waals surface area contributed by atoms with Crippen molar-refractivity contribution >= 4 is 0 Å². The molecule has 1 fully saturated rings. The quantitative estimate of drug-likeness (QED) is 0.847. The second kappa shape index (κ2) is 5.43. The minimum atomic E-state index is -0.237. The van der Waals surface area contributed by atoms with E-state index in [0.717, 1.165) is 49.7 Å². The number of nitrogens with one attached hydrogen (secondary N) is 2. The standard InChI is InChI=1S/C14H24N4O/c1-5-11-10(2)12(19)17-13(16-11)14(3,4)18-8-6-15-7-9-18/h15H,5-9H2,1-4H3,(H,16,17,19). The Kier molecular flexibility index (Phi) is 4.06. The maximum absolute atomic E-state index is 12.0. The molecule has 0 saturated carbocycles. The first-order valence-electron chi connectivity index (χ1n) is 7.03. The van der Waals surface area contributed by atoms with Gasteiger partial charge in [-0.3, -0.25) is 9.69 Å². The van der Waals surface area contributed by atoms with E-state index < -0.39 is 0 Å². The van der Waals surface area contributed by atoms with E-state index in [1.54, 1.807) is 0 Å². The molecular weight excluding hydrogens is 240 g/mol. The lowest BCUT2D eigenvalue weighted by atomic mass is 10.00. The van der Waals surface area contributed by atoms with E-state index in [2.05, 4.69) is 34.0 Å². The van der Waals surface area contributed by atoms with E-state index in [9.17, 15) is 4.79 Å². The summed E-state index contributed by atoms with van der Waals surface area (Å²) in [5.74, 6) is 0.779. The summed E-state index contributed by atoms with van der Waals surface area (Å²) in [6.07, 6.45) is 0.792. The molecular formula is C14H24N4O. The van der Waals surface area contributed by atoms with Gasteiger partial charge in [-0.1, -0.05) is 6.92 Å². The van der Waals surface area contributed by atoms with Crippen molar-refractivity contribution in [2.75, 3.05) is 26.2 Å². The lowest BCUT2D eigenvalue weighted by molar-refractivity contribution is 0.0943. The Balaban J connectivity index is 2.39.